The summed E-state index contributed by atoms with van der Waals surface area (Å²) in [5.41, 5.74) is 0. The normalized spacial score (nSPS) is 17.9. The molecule has 0 radical (unpaired) electrons. The number of aldehydes is 1. The van der Waals surface area contributed by atoms with E-state index in [1.54, 1.807) is 19.6 Å². The number of aliphatic hydroxyl groups is 1. The zero-order valence-electron chi connectivity index (χ0n) is 25.5. The summed E-state index contributed by atoms with van der Waals surface area (Å²) in [5, 5.41) is 45.7. The summed E-state index contributed by atoms with van der Waals surface area (Å²) in [6, 6.07) is -1.10. The second-order valence-electron chi connectivity index (χ2n) is 10.6. The molecule has 0 saturated carbocycles. The summed E-state index contributed by atoms with van der Waals surface area (Å²) in [4.78, 5) is 77.7. The predicted octanol–water partition coefficient (Wildman–Crippen LogP) is -3.25. The molecule has 17 nitrogen and oxygen atoms in total. The number of aliphatic hydroxyl groups excluding tert-OH is 1. The average Bonchev–Trinajstić information content (AvgIpc) is 2.95. The van der Waals surface area contributed by atoms with Gasteiger partial charge in [0.25, 0.3) is 0 Å². The third-order valence-corrected chi connectivity index (χ3v) is 7.09. The molecule has 0 aromatic carbocycles. The summed E-state index contributed by atoms with van der Waals surface area (Å²) in [6.45, 7) is 2.95. The minimum atomic E-state index is -1.10. The Hall–Kier alpha value is -3.22. The van der Waals surface area contributed by atoms with E-state index in [-0.39, 0.29) is 85.0 Å². The molecule has 1 saturated heterocycles. The van der Waals surface area contributed by atoms with Crippen molar-refractivity contribution in [3.05, 3.63) is 0 Å². The fourth-order valence-electron chi connectivity index (χ4n) is 4.65. The number of carbonyl (C=O) groups is 6. The molecule has 17 heteroatoms. The summed E-state index contributed by atoms with van der Waals surface area (Å²) in [5.74, 6) is -4.17. The van der Waals surface area contributed by atoms with Crippen molar-refractivity contribution >= 4 is 36.0 Å². The molecule has 0 aliphatic carbocycles. The first-order chi connectivity index (χ1) is 21.0. The molecule has 1 unspecified atom stereocenters. The third kappa shape index (κ3) is 17.2. The van der Waals surface area contributed by atoms with Crippen LogP contribution in [-0.4, -0.2) is 180 Å². The Morgan fingerprint density at radius 1 is 0.750 bits per heavy atom. The van der Waals surface area contributed by atoms with E-state index >= 15 is 0 Å². The highest BCUT2D eigenvalue weighted by Gasteiger charge is 2.24. The number of carboxylic acid groups (broad SMARTS) is 3. The van der Waals surface area contributed by atoms with E-state index in [0.717, 1.165) is 19.3 Å². The average molecular weight is 632 g/mol. The van der Waals surface area contributed by atoms with Crippen LogP contribution in [-0.2, 0) is 28.8 Å². The number of amides is 2. The summed E-state index contributed by atoms with van der Waals surface area (Å²) in [7, 11) is 0. The lowest BCUT2D eigenvalue weighted by Crippen LogP contribution is -2.54. The second kappa shape index (κ2) is 22.3. The molecule has 0 aromatic rings. The fraction of sp³-hybridized carbons (Fsp3) is 0.778. The van der Waals surface area contributed by atoms with Crippen molar-refractivity contribution in [2.45, 2.75) is 44.8 Å². The monoisotopic (exact) mass is 631 g/mol. The van der Waals surface area contributed by atoms with Crippen molar-refractivity contribution in [2.24, 2.45) is 0 Å². The number of aliphatic carboxylic acids is 3. The van der Waals surface area contributed by atoms with Gasteiger partial charge in [0.15, 0.2) is 6.29 Å². The predicted molar refractivity (Wildman–Crippen MR) is 158 cm³/mol. The molecule has 2 atom stereocenters. The Balaban J connectivity index is 2.88. The van der Waals surface area contributed by atoms with Gasteiger partial charge in [0.1, 0.15) is 12.2 Å². The van der Waals surface area contributed by atoms with Crippen LogP contribution in [0.2, 0.25) is 0 Å². The van der Waals surface area contributed by atoms with E-state index in [9.17, 15) is 49.2 Å². The van der Waals surface area contributed by atoms with E-state index in [4.69, 9.17) is 0 Å². The minimum absolute atomic E-state index is 0.0455. The fourth-order valence-corrected chi connectivity index (χ4v) is 4.65. The van der Waals surface area contributed by atoms with Gasteiger partial charge in [-0.15, -0.1) is 0 Å². The van der Waals surface area contributed by atoms with Crippen molar-refractivity contribution in [3.63, 3.8) is 0 Å². The van der Waals surface area contributed by atoms with Crippen LogP contribution >= 0.6 is 0 Å². The van der Waals surface area contributed by atoms with Gasteiger partial charge in [0, 0.05) is 71.9 Å². The van der Waals surface area contributed by atoms with E-state index in [2.05, 4.69) is 16.0 Å². The molecule has 7 N–H and O–H groups in total. The molecule has 1 aliphatic heterocycles. The Labute approximate surface area is 257 Å². The van der Waals surface area contributed by atoms with Crippen LogP contribution in [0.1, 0.15) is 32.6 Å². The lowest BCUT2D eigenvalue weighted by Gasteiger charge is -2.35. The zero-order valence-corrected chi connectivity index (χ0v) is 25.5. The Kier molecular flexibility index (Phi) is 19.7. The van der Waals surface area contributed by atoms with Crippen LogP contribution in [0.25, 0.3) is 0 Å². The molecule has 0 aromatic heterocycles. The molecule has 1 fully saturated rings. The van der Waals surface area contributed by atoms with Gasteiger partial charge in [-0.3, -0.25) is 48.9 Å². The molecule has 44 heavy (non-hydrogen) atoms. The molecule has 2 amide bonds. The quantitative estimate of drug-likeness (QED) is 0.0548. The van der Waals surface area contributed by atoms with Crippen LogP contribution in [0, 0.1) is 0 Å². The minimum Gasteiger partial charge on any atom is -0.480 e. The first kappa shape index (κ1) is 38.8. The highest BCUT2D eigenvalue weighted by molar-refractivity contribution is 5.87. The number of nitrogens with zero attached hydrogens (tertiary/aromatic N) is 4. The van der Waals surface area contributed by atoms with Crippen molar-refractivity contribution in [1.29, 1.82) is 0 Å². The Bertz CT molecular complexity index is 893. The summed E-state index contributed by atoms with van der Waals surface area (Å²) in [6.07, 6.45) is 2.36. The molecule has 1 rings (SSSR count). The Morgan fingerprint density at radius 3 is 1.64 bits per heavy atom. The van der Waals surface area contributed by atoms with Gasteiger partial charge in [0.2, 0.25) is 11.8 Å². The van der Waals surface area contributed by atoms with Gasteiger partial charge < -0.3 is 35.9 Å². The number of nitrogens with one attached hydrogen (secondary N) is 3. The van der Waals surface area contributed by atoms with Gasteiger partial charge in [-0.05, 0) is 6.42 Å². The lowest BCUT2D eigenvalue weighted by molar-refractivity contribution is -0.140. The number of rotatable bonds is 19. The van der Waals surface area contributed by atoms with Crippen molar-refractivity contribution in [1.82, 2.24) is 35.6 Å². The largest absolute Gasteiger partial charge is 0.480 e. The lowest BCUT2D eigenvalue weighted by atomic mass is 10.2. The molecule has 1 aliphatic rings. The second-order valence-corrected chi connectivity index (χ2v) is 10.6. The van der Waals surface area contributed by atoms with Crippen LogP contribution in [0.4, 0.5) is 0 Å². The van der Waals surface area contributed by atoms with Crippen molar-refractivity contribution < 1.29 is 49.2 Å². The van der Waals surface area contributed by atoms with Crippen molar-refractivity contribution in [2.75, 3.05) is 91.7 Å². The number of carbonyl (C=O) groups excluding carboxylic acids is 3. The van der Waals surface area contributed by atoms with Gasteiger partial charge in [0.05, 0.1) is 26.2 Å². The van der Waals surface area contributed by atoms with Gasteiger partial charge in [-0.25, -0.2) is 0 Å². The molecule has 1 heterocycles. The van der Waals surface area contributed by atoms with Crippen LogP contribution in [0.15, 0.2) is 0 Å². The third-order valence-electron chi connectivity index (χ3n) is 7.09. The van der Waals surface area contributed by atoms with Gasteiger partial charge >= 0.3 is 17.9 Å². The number of carboxylic acids is 3. The topological polar surface area (TPSA) is 232 Å². The molecule has 0 spiro atoms. The highest BCUT2D eigenvalue weighted by atomic mass is 16.4. The van der Waals surface area contributed by atoms with Gasteiger partial charge in [-0.1, -0.05) is 19.8 Å². The van der Waals surface area contributed by atoms with E-state index in [1.807, 2.05) is 6.92 Å². The molecular formula is C27H49N7O10. The number of hydrogen-bond donors (Lipinski definition) is 7. The van der Waals surface area contributed by atoms with Crippen LogP contribution < -0.4 is 16.0 Å². The van der Waals surface area contributed by atoms with E-state index < -0.39 is 48.5 Å². The maximum Gasteiger partial charge on any atom is 0.317 e. The first-order valence-corrected chi connectivity index (χ1v) is 14.9. The van der Waals surface area contributed by atoms with E-state index in [1.165, 1.54) is 0 Å². The first-order valence-electron chi connectivity index (χ1n) is 14.9. The molecular weight excluding hydrogens is 582 g/mol. The summed E-state index contributed by atoms with van der Waals surface area (Å²) >= 11 is 0. The SMILES string of the molecule is CCCCCNC(=O)[C@@H](CO)NC(=O)CCNC(C=O)N1CCN(CC(=O)O)CCN(CC(=O)O)CCN(CC(=O)O)CC1. The van der Waals surface area contributed by atoms with Crippen LogP contribution in [0.5, 0.6) is 0 Å². The Morgan fingerprint density at radius 2 is 1.23 bits per heavy atom. The highest BCUT2D eigenvalue weighted by Crippen LogP contribution is 2.04. The van der Waals surface area contributed by atoms with Crippen LogP contribution in [0.3, 0.4) is 0 Å². The van der Waals surface area contributed by atoms with Gasteiger partial charge in [-0.2, -0.15) is 0 Å². The standard InChI is InChI=1S/C27H49N7O10/c1-2-3-4-6-29-27(44)21(19-35)30-23(37)5-7-28-22(20-36)34-14-12-32(17-25(40)41)10-8-31(16-24(38)39)9-11-33(13-15-34)18-26(42)43/h20-22,28,35H,2-19H2,1H3,(H,29,44)(H,30,37)(H,38,39)(H,40,41)(H,42,43)/t21-,22?/m1/s1. The molecule has 252 valence electrons. The zero-order chi connectivity index (χ0) is 32.9. The smallest absolute Gasteiger partial charge is 0.317 e. The maximum absolute atomic E-state index is 12.5. The number of hydrogen-bond acceptors (Lipinski definition) is 12. The molecule has 0 bridgehead atoms. The van der Waals surface area contributed by atoms with Crippen molar-refractivity contribution in [3.8, 4) is 0 Å². The van der Waals surface area contributed by atoms with E-state index in [0.29, 0.717) is 12.8 Å². The maximum atomic E-state index is 12.5. The summed E-state index contributed by atoms with van der Waals surface area (Å²) < 4.78 is 0. The number of unbranched alkanes of at least 4 members (excludes halogenated alkanes) is 2.